The van der Waals surface area contributed by atoms with E-state index in [0.717, 1.165) is 44.4 Å². The summed E-state index contributed by atoms with van der Waals surface area (Å²) in [7, 11) is 0. The molecule has 0 bridgehead atoms. The van der Waals surface area contributed by atoms with Crippen LogP contribution in [0.3, 0.4) is 0 Å². The Hall–Kier alpha value is -3.03. The highest BCUT2D eigenvalue weighted by Gasteiger charge is 2.36. The lowest BCUT2D eigenvalue weighted by Gasteiger charge is -2.10. The highest BCUT2D eigenvalue weighted by Crippen LogP contribution is 2.36. The number of fused-ring (bicyclic) bond motifs is 1. The van der Waals surface area contributed by atoms with E-state index in [9.17, 15) is 14.4 Å². The third kappa shape index (κ3) is 3.62. The van der Waals surface area contributed by atoms with Gasteiger partial charge in [-0.2, -0.15) is 0 Å². The number of amides is 2. The van der Waals surface area contributed by atoms with Gasteiger partial charge in [-0.3, -0.25) is 19.3 Å². The van der Waals surface area contributed by atoms with E-state index in [1.54, 1.807) is 6.08 Å². The van der Waals surface area contributed by atoms with Gasteiger partial charge in [0.1, 0.15) is 6.54 Å². The van der Waals surface area contributed by atoms with Crippen molar-refractivity contribution in [1.82, 2.24) is 9.47 Å². The van der Waals surface area contributed by atoms with Crippen LogP contribution in [0.25, 0.3) is 17.0 Å². The van der Waals surface area contributed by atoms with E-state index in [1.165, 1.54) is 0 Å². The number of hydrogen-bond donors (Lipinski definition) is 1. The van der Waals surface area contributed by atoms with E-state index < -0.39 is 23.7 Å². The summed E-state index contributed by atoms with van der Waals surface area (Å²) in [5.41, 5.74) is 3.68. The number of para-hydroxylation sites is 1. The second kappa shape index (κ2) is 8.01. The lowest BCUT2D eigenvalue weighted by molar-refractivity contribution is -0.140. The first-order valence-electron chi connectivity index (χ1n) is 9.15. The summed E-state index contributed by atoms with van der Waals surface area (Å²) in [6.07, 6.45) is 1.67. The quantitative estimate of drug-likeness (QED) is 0.578. The summed E-state index contributed by atoms with van der Waals surface area (Å²) < 4.78 is 2.11. The van der Waals surface area contributed by atoms with Crippen molar-refractivity contribution in [3.8, 4) is 0 Å². The molecule has 0 aliphatic carbocycles. The van der Waals surface area contributed by atoms with E-state index in [4.69, 9.17) is 16.7 Å². The number of benzene rings is 2. The normalized spacial score (nSPS) is 15.5. The minimum atomic E-state index is -1.23. The van der Waals surface area contributed by atoms with Crippen LogP contribution in [0.5, 0.6) is 0 Å². The number of imide groups is 1. The van der Waals surface area contributed by atoms with Gasteiger partial charge in [-0.05, 0) is 42.5 Å². The van der Waals surface area contributed by atoms with Gasteiger partial charge in [-0.25, -0.2) is 0 Å². The van der Waals surface area contributed by atoms with E-state index in [0.29, 0.717) is 11.6 Å². The van der Waals surface area contributed by atoms with Gasteiger partial charge in [0, 0.05) is 33.7 Å². The van der Waals surface area contributed by atoms with Crippen LogP contribution < -0.4 is 0 Å². The van der Waals surface area contributed by atoms with Crippen LogP contribution >= 0.6 is 23.4 Å². The molecule has 1 N–H and O–H groups in total. The van der Waals surface area contributed by atoms with Crippen molar-refractivity contribution in [2.75, 3.05) is 6.54 Å². The molecule has 1 aliphatic rings. The van der Waals surface area contributed by atoms with Gasteiger partial charge >= 0.3 is 5.97 Å². The second-order valence-corrected chi connectivity index (χ2v) is 8.26. The van der Waals surface area contributed by atoms with Crippen molar-refractivity contribution in [3.63, 3.8) is 0 Å². The highest BCUT2D eigenvalue weighted by molar-refractivity contribution is 8.18. The largest absolute Gasteiger partial charge is 0.480 e. The number of halogens is 1. The molecule has 3 aromatic rings. The van der Waals surface area contributed by atoms with Crippen LogP contribution in [0.15, 0.2) is 53.4 Å². The number of aliphatic carboxylic acids is 1. The zero-order chi connectivity index (χ0) is 21.4. The highest BCUT2D eigenvalue weighted by atomic mass is 35.5. The molecule has 1 fully saturated rings. The van der Waals surface area contributed by atoms with Crippen LogP contribution in [-0.2, 0) is 16.1 Å². The van der Waals surface area contributed by atoms with E-state index in [2.05, 4.69) is 4.57 Å². The number of carboxylic acid groups (broad SMARTS) is 1. The Morgan fingerprint density at radius 3 is 2.57 bits per heavy atom. The first-order valence-corrected chi connectivity index (χ1v) is 10.3. The average Bonchev–Trinajstić information content (AvgIpc) is 3.12. The molecule has 30 heavy (non-hydrogen) atoms. The summed E-state index contributed by atoms with van der Waals surface area (Å²) >= 11 is 7.11. The fraction of sp³-hybridized carbons (Fsp3) is 0.136. The number of rotatable bonds is 5. The Morgan fingerprint density at radius 2 is 1.83 bits per heavy atom. The van der Waals surface area contributed by atoms with E-state index in [1.807, 2.05) is 55.5 Å². The molecule has 1 aliphatic heterocycles. The third-order valence-corrected chi connectivity index (χ3v) is 6.28. The van der Waals surface area contributed by atoms with Gasteiger partial charge in [0.15, 0.2) is 0 Å². The van der Waals surface area contributed by atoms with Crippen LogP contribution in [-0.4, -0.2) is 38.2 Å². The van der Waals surface area contributed by atoms with Gasteiger partial charge in [0.05, 0.1) is 4.91 Å². The van der Waals surface area contributed by atoms with Gasteiger partial charge in [-0.15, -0.1) is 0 Å². The number of hydrogen-bond acceptors (Lipinski definition) is 4. The Balaban J connectivity index is 1.79. The number of nitrogens with zero attached hydrogens (tertiary/aromatic N) is 2. The van der Waals surface area contributed by atoms with Crippen LogP contribution in [0.4, 0.5) is 4.79 Å². The van der Waals surface area contributed by atoms with Crippen molar-refractivity contribution in [3.05, 3.63) is 75.3 Å². The number of thioether (sulfide) groups is 1. The van der Waals surface area contributed by atoms with Crippen molar-refractivity contribution in [2.45, 2.75) is 13.5 Å². The molecule has 6 nitrogen and oxygen atoms in total. The number of aromatic nitrogens is 1. The molecule has 4 rings (SSSR count). The smallest absolute Gasteiger partial charge is 0.323 e. The SMILES string of the molecule is Cc1c(/C=C2/SC(=O)N(CC(=O)O)C2=O)c2ccccc2n1Cc1ccccc1Cl. The molecule has 0 atom stereocenters. The number of carbonyl (C=O) groups is 3. The Morgan fingerprint density at radius 1 is 1.13 bits per heavy atom. The zero-order valence-corrected chi connectivity index (χ0v) is 17.5. The summed E-state index contributed by atoms with van der Waals surface area (Å²) in [6.45, 7) is 1.86. The summed E-state index contributed by atoms with van der Waals surface area (Å²) in [6, 6.07) is 15.4. The lowest BCUT2D eigenvalue weighted by Crippen LogP contribution is -2.33. The minimum absolute atomic E-state index is 0.213. The summed E-state index contributed by atoms with van der Waals surface area (Å²) in [5, 5.41) is 9.98. The van der Waals surface area contributed by atoms with Gasteiger partial charge in [0.25, 0.3) is 11.1 Å². The van der Waals surface area contributed by atoms with Crippen molar-refractivity contribution in [1.29, 1.82) is 0 Å². The fourth-order valence-electron chi connectivity index (χ4n) is 3.54. The maximum atomic E-state index is 12.6. The molecule has 2 aromatic carbocycles. The zero-order valence-electron chi connectivity index (χ0n) is 16.0. The van der Waals surface area contributed by atoms with E-state index >= 15 is 0 Å². The second-order valence-electron chi connectivity index (χ2n) is 6.86. The maximum Gasteiger partial charge on any atom is 0.323 e. The van der Waals surface area contributed by atoms with Crippen LogP contribution in [0, 0.1) is 6.92 Å². The molecule has 0 spiro atoms. The number of carboxylic acids is 1. The maximum absolute atomic E-state index is 12.6. The third-order valence-electron chi connectivity index (χ3n) is 5.01. The Labute approximate surface area is 181 Å². The monoisotopic (exact) mass is 440 g/mol. The van der Waals surface area contributed by atoms with Crippen molar-refractivity contribution >= 4 is 57.5 Å². The van der Waals surface area contributed by atoms with E-state index in [-0.39, 0.29) is 4.91 Å². The number of carbonyl (C=O) groups excluding carboxylic acids is 2. The molecule has 8 heteroatoms. The molecule has 0 unspecified atom stereocenters. The summed E-state index contributed by atoms with van der Waals surface area (Å²) in [5.74, 6) is -1.82. The predicted octanol–water partition coefficient (Wildman–Crippen LogP) is 4.77. The first-order chi connectivity index (χ1) is 14.4. The Bertz CT molecular complexity index is 1230. The Kier molecular flexibility index (Phi) is 5.40. The standard InChI is InChI=1S/C22H17ClN2O4S/c1-13-16(10-19-21(28)25(12-20(26)27)22(29)30-19)15-7-3-5-9-18(15)24(13)11-14-6-2-4-8-17(14)23/h2-10H,11-12H2,1H3,(H,26,27)/b19-10+. The predicted molar refractivity (Wildman–Crippen MR) is 118 cm³/mol. The van der Waals surface area contributed by atoms with Gasteiger partial charge in [0.2, 0.25) is 0 Å². The first kappa shape index (κ1) is 20.3. The van der Waals surface area contributed by atoms with Crippen LogP contribution in [0.1, 0.15) is 16.8 Å². The van der Waals surface area contributed by atoms with Crippen molar-refractivity contribution < 1.29 is 19.5 Å². The summed E-state index contributed by atoms with van der Waals surface area (Å²) in [4.78, 5) is 36.6. The molecule has 1 saturated heterocycles. The molecule has 2 amide bonds. The molecule has 0 radical (unpaired) electrons. The molecule has 2 heterocycles. The topological polar surface area (TPSA) is 79.6 Å². The molecular weight excluding hydrogens is 424 g/mol. The molecule has 1 aromatic heterocycles. The average molecular weight is 441 g/mol. The minimum Gasteiger partial charge on any atom is -0.480 e. The van der Waals surface area contributed by atoms with Gasteiger partial charge < -0.3 is 9.67 Å². The molecule has 0 saturated carbocycles. The van der Waals surface area contributed by atoms with Gasteiger partial charge in [-0.1, -0.05) is 48.0 Å². The molecular formula is C22H17ClN2O4S. The van der Waals surface area contributed by atoms with Crippen LogP contribution in [0.2, 0.25) is 5.02 Å². The molecule has 152 valence electrons. The van der Waals surface area contributed by atoms with Crippen molar-refractivity contribution in [2.24, 2.45) is 0 Å². The lowest BCUT2D eigenvalue weighted by atomic mass is 10.1. The fourth-order valence-corrected chi connectivity index (χ4v) is 4.56.